The summed E-state index contributed by atoms with van der Waals surface area (Å²) in [5.74, 6) is -0.204. The molecule has 0 unspecified atom stereocenters. The minimum atomic E-state index is -0.204. The standard InChI is InChI=1S/C19H13ClN4O/c20-16-5-1-2-6-18(16)24-12-15(11-22-24)23-19(25)14-7-8-17-13(10-14)4-3-9-21-17/h1-12H,(H,23,25). The van der Waals surface area contributed by atoms with Gasteiger partial charge in [0, 0.05) is 17.1 Å². The highest BCUT2D eigenvalue weighted by molar-refractivity contribution is 6.32. The molecule has 2 heterocycles. The van der Waals surface area contributed by atoms with Crippen LogP contribution in [0.1, 0.15) is 10.4 Å². The molecule has 0 bridgehead atoms. The number of anilines is 1. The van der Waals surface area contributed by atoms with E-state index in [1.54, 1.807) is 35.4 Å². The van der Waals surface area contributed by atoms with E-state index in [4.69, 9.17) is 11.6 Å². The fourth-order valence-electron chi connectivity index (χ4n) is 2.58. The van der Waals surface area contributed by atoms with Crippen LogP contribution in [0.15, 0.2) is 73.2 Å². The molecule has 1 amide bonds. The summed E-state index contributed by atoms with van der Waals surface area (Å²) in [5, 5.41) is 8.61. The number of halogens is 1. The van der Waals surface area contributed by atoms with Gasteiger partial charge in [-0.25, -0.2) is 4.68 Å². The van der Waals surface area contributed by atoms with Crippen LogP contribution >= 0.6 is 11.6 Å². The minimum Gasteiger partial charge on any atom is -0.319 e. The molecule has 0 aliphatic carbocycles. The Morgan fingerprint density at radius 2 is 1.96 bits per heavy atom. The van der Waals surface area contributed by atoms with Crippen molar-refractivity contribution in [1.29, 1.82) is 0 Å². The minimum absolute atomic E-state index is 0.204. The van der Waals surface area contributed by atoms with Gasteiger partial charge in [-0.2, -0.15) is 5.10 Å². The SMILES string of the molecule is O=C(Nc1cnn(-c2ccccc2Cl)c1)c1ccc2ncccc2c1. The largest absolute Gasteiger partial charge is 0.319 e. The molecule has 2 aromatic carbocycles. The van der Waals surface area contributed by atoms with Gasteiger partial charge in [-0.1, -0.05) is 29.8 Å². The van der Waals surface area contributed by atoms with Gasteiger partial charge in [-0.05, 0) is 36.4 Å². The number of hydrogen-bond donors (Lipinski definition) is 1. The second kappa shape index (κ2) is 6.37. The molecule has 4 aromatic rings. The number of pyridine rings is 1. The number of amides is 1. The number of rotatable bonds is 3. The zero-order chi connectivity index (χ0) is 17.2. The smallest absolute Gasteiger partial charge is 0.255 e. The van der Waals surface area contributed by atoms with Crippen molar-refractivity contribution in [1.82, 2.24) is 14.8 Å². The van der Waals surface area contributed by atoms with E-state index in [1.807, 2.05) is 42.5 Å². The average Bonchev–Trinajstić information content (AvgIpc) is 3.10. The molecule has 1 N–H and O–H groups in total. The lowest BCUT2D eigenvalue weighted by atomic mass is 10.1. The average molecular weight is 349 g/mol. The maximum Gasteiger partial charge on any atom is 0.255 e. The zero-order valence-electron chi connectivity index (χ0n) is 13.1. The van der Waals surface area contributed by atoms with Crippen molar-refractivity contribution in [3.05, 3.63) is 83.8 Å². The molecule has 0 saturated heterocycles. The first kappa shape index (κ1) is 15.4. The Kier molecular flexibility index (Phi) is 3.91. The van der Waals surface area contributed by atoms with Gasteiger partial charge in [-0.3, -0.25) is 9.78 Å². The van der Waals surface area contributed by atoms with E-state index in [0.29, 0.717) is 16.3 Å². The molecule has 0 radical (unpaired) electrons. The summed E-state index contributed by atoms with van der Waals surface area (Å²) in [4.78, 5) is 16.7. The predicted molar refractivity (Wildman–Crippen MR) is 98.3 cm³/mol. The summed E-state index contributed by atoms with van der Waals surface area (Å²) >= 11 is 6.17. The van der Waals surface area contributed by atoms with Crippen LogP contribution in [0, 0.1) is 0 Å². The van der Waals surface area contributed by atoms with E-state index in [-0.39, 0.29) is 5.91 Å². The highest BCUT2D eigenvalue weighted by atomic mass is 35.5. The molecular formula is C19H13ClN4O. The highest BCUT2D eigenvalue weighted by Crippen LogP contribution is 2.21. The molecule has 5 nitrogen and oxygen atoms in total. The third-order valence-corrected chi connectivity index (χ3v) is 4.12. The molecule has 6 heteroatoms. The lowest BCUT2D eigenvalue weighted by Gasteiger charge is -2.05. The van der Waals surface area contributed by atoms with E-state index in [0.717, 1.165) is 16.6 Å². The molecule has 0 fully saturated rings. The van der Waals surface area contributed by atoms with Crippen molar-refractivity contribution >= 4 is 34.1 Å². The second-order valence-electron chi connectivity index (χ2n) is 5.49. The fourth-order valence-corrected chi connectivity index (χ4v) is 2.80. The quantitative estimate of drug-likeness (QED) is 0.599. The Bertz CT molecular complexity index is 1070. The second-order valence-corrected chi connectivity index (χ2v) is 5.90. The Labute approximate surface area is 148 Å². The summed E-state index contributed by atoms with van der Waals surface area (Å²) in [6.45, 7) is 0. The highest BCUT2D eigenvalue weighted by Gasteiger charge is 2.10. The van der Waals surface area contributed by atoms with E-state index >= 15 is 0 Å². The number of hydrogen-bond acceptors (Lipinski definition) is 3. The first-order valence-electron chi connectivity index (χ1n) is 7.66. The summed E-state index contributed by atoms with van der Waals surface area (Å²) < 4.78 is 1.63. The maximum atomic E-state index is 12.5. The normalized spacial score (nSPS) is 10.8. The molecule has 25 heavy (non-hydrogen) atoms. The van der Waals surface area contributed by atoms with Crippen LogP contribution in [-0.2, 0) is 0 Å². The molecular weight excluding hydrogens is 336 g/mol. The third-order valence-electron chi connectivity index (χ3n) is 3.80. The van der Waals surface area contributed by atoms with Crippen LogP contribution in [0.2, 0.25) is 5.02 Å². The number of carbonyl (C=O) groups excluding carboxylic acids is 1. The van der Waals surface area contributed by atoms with Crippen LogP contribution in [-0.4, -0.2) is 20.7 Å². The Hall–Kier alpha value is -3.18. The van der Waals surface area contributed by atoms with Gasteiger partial charge >= 0.3 is 0 Å². The number of fused-ring (bicyclic) bond motifs is 1. The van der Waals surface area contributed by atoms with Crippen molar-refractivity contribution < 1.29 is 4.79 Å². The Morgan fingerprint density at radius 3 is 2.84 bits per heavy atom. The topological polar surface area (TPSA) is 59.8 Å². The number of benzene rings is 2. The van der Waals surface area contributed by atoms with Crippen LogP contribution in [0.3, 0.4) is 0 Å². The van der Waals surface area contributed by atoms with Crippen LogP contribution in [0.4, 0.5) is 5.69 Å². The van der Waals surface area contributed by atoms with Gasteiger partial charge in [0.15, 0.2) is 0 Å². The first-order chi connectivity index (χ1) is 12.2. The van der Waals surface area contributed by atoms with Crippen molar-refractivity contribution in [2.24, 2.45) is 0 Å². The zero-order valence-corrected chi connectivity index (χ0v) is 13.8. The van der Waals surface area contributed by atoms with E-state index < -0.39 is 0 Å². The molecule has 0 atom stereocenters. The summed E-state index contributed by atoms with van der Waals surface area (Å²) in [6.07, 6.45) is 5.04. The Morgan fingerprint density at radius 1 is 1.08 bits per heavy atom. The van der Waals surface area contributed by atoms with Crippen LogP contribution < -0.4 is 5.32 Å². The van der Waals surface area contributed by atoms with Crippen LogP contribution in [0.25, 0.3) is 16.6 Å². The first-order valence-corrected chi connectivity index (χ1v) is 8.04. The van der Waals surface area contributed by atoms with Gasteiger partial charge in [0.1, 0.15) is 0 Å². The molecule has 0 aliphatic rings. The van der Waals surface area contributed by atoms with Gasteiger partial charge in [0.05, 0.1) is 34.3 Å². The van der Waals surface area contributed by atoms with Gasteiger partial charge in [-0.15, -0.1) is 0 Å². The van der Waals surface area contributed by atoms with Crippen molar-refractivity contribution in [3.8, 4) is 5.69 Å². The number of nitrogens with one attached hydrogen (secondary N) is 1. The van der Waals surface area contributed by atoms with Crippen molar-refractivity contribution in [3.63, 3.8) is 0 Å². The molecule has 0 saturated carbocycles. The van der Waals surface area contributed by atoms with E-state index in [1.165, 1.54) is 0 Å². The summed E-state index contributed by atoms with van der Waals surface area (Å²) in [6, 6.07) is 16.6. The third kappa shape index (κ3) is 3.09. The molecule has 2 aromatic heterocycles. The molecule has 4 rings (SSSR count). The van der Waals surface area contributed by atoms with Gasteiger partial charge < -0.3 is 5.32 Å². The Balaban J connectivity index is 1.57. The van der Waals surface area contributed by atoms with Crippen molar-refractivity contribution in [2.45, 2.75) is 0 Å². The summed E-state index contributed by atoms with van der Waals surface area (Å²) in [5.41, 5.74) is 2.76. The van der Waals surface area contributed by atoms with E-state index in [9.17, 15) is 4.79 Å². The molecule has 0 spiro atoms. The lowest BCUT2D eigenvalue weighted by molar-refractivity contribution is 0.102. The van der Waals surface area contributed by atoms with Crippen molar-refractivity contribution in [2.75, 3.05) is 5.32 Å². The summed E-state index contributed by atoms with van der Waals surface area (Å²) in [7, 11) is 0. The molecule has 122 valence electrons. The lowest BCUT2D eigenvalue weighted by Crippen LogP contribution is -2.11. The fraction of sp³-hybridized carbons (Fsp3) is 0. The van der Waals surface area contributed by atoms with Crippen LogP contribution in [0.5, 0.6) is 0 Å². The van der Waals surface area contributed by atoms with E-state index in [2.05, 4.69) is 15.4 Å². The van der Waals surface area contributed by atoms with Gasteiger partial charge in [0.25, 0.3) is 5.91 Å². The number of nitrogens with zero attached hydrogens (tertiary/aromatic N) is 3. The molecule has 0 aliphatic heterocycles. The monoisotopic (exact) mass is 348 g/mol. The maximum absolute atomic E-state index is 12.5. The number of carbonyl (C=O) groups is 1. The number of aromatic nitrogens is 3. The van der Waals surface area contributed by atoms with Gasteiger partial charge in [0.2, 0.25) is 0 Å². The number of para-hydroxylation sites is 1. The predicted octanol–water partition coefficient (Wildman–Crippen LogP) is 4.33.